The number of carbonyl (C=O) groups excluding carboxylic acids is 1. The van der Waals surface area contributed by atoms with Gasteiger partial charge in [0.15, 0.2) is 17.2 Å². The first-order chi connectivity index (χ1) is 19.5. The molecular weight excluding hydrogens is 508 g/mol. The Bertz CT molecular complexity index is 1800. The van der Waals surface area contributed by atoms with Gasteiger partial charge in [-0.2, -0.15) is 5.16 Å². The summed E-state index contributed by atoms with van der Waals surface area (Å²) < 4.78 is 7.28. The van der Waals surface area contributed by atoms with Gasteiger partial charge >= 0.3 is 6.03 Å². The number of aryl methyl sites for hydroxylation is 1. The van der Waals surface area contributed by atoms with Crippen molar-refractivity contribution in [2.24, 2.45) is 0 Å². The molecule has 0 saturated carbocycles. The molecule has 2 aliphatic heterocycles. The maximum Gasteiger partial charge on any atom is 0.320 e. The molecule has 7 rings (SSSR count). The Morgan fingerprint density at radius 1 is 1.12 bits per heavy atom. The number of aromatic nitrogens is 5. The van der Waals surface area contributed by atoms with Gasteiger partial charge in [-0.25, -0.2) is 19.7 Å². The molecule has 1 fully saturated rings. The molecule has 0 aliphatic carbocycles. The van der Waals surface area contributed by atoms with Gasteiger partial charge in [-0.15, -0.1) is 0 Å². The molecule has 6 heterocycles. The fourth-order valence-corrected chi connectivity index (χ4v) is 5.80. The maximum absolute atomic E-state index is 13.2. The number of imidazole rings is 1. The summed E-state index contributed by atoms with van der Waals surface area (Å²) in [7, 11) is 0. The van der Waals surface area contributed by atoms with Crippen LogP contribution in [0.1, 0.15) is 34.8 Å². The molecule has 5 aromatic rings. The van der Waals surface area contributed by atoms with Crippen molar-refractivity contribution in [1.82, 2.24) is 34.5 Å². The highest BCUT2D eigenvalue weighted by Crippen LogP contribution is 2.33. The average Bonchev–Trinajstić information content (AvgIpc) is 3.70. The van der Waals surface area contributed by atoms with Crippen LogP contribution in [0.2, 0.25) is 0 Å². The number of nitrogen functional groups attached to an aromatic ring is 1. The minimum atomic E-state index is -0.197. The van der Waals surface area contributed by atoms with Crippen molar-refractivity contribution in [2.75, 3.05) is 25.4 Å². The normalized spacial score (nSPS) is 17.0. The number of nitrogens with zero attached hydrogens (tertiary/aromatic N) is 6. The Kier molecular flexibility index (Phi) is 5.65. The van der Waals surface area contributed by atoms with E-state index in [4.69, 9.17) is 15.2 Å². The Morgan fingerprint density at radius 3 is 2.80 bits per heavy atom. The highest BCUT2D eigenvalue weighted by molar-refractivity contribution is 5.83. The summed E-state index contributed by atoms with van der Waals surface area (Å²) in [5.74, 6) is 1.89. The lowest BCUT2D eigenvalue weighted by atomic mass is 9.98. The number of amides is 2. The average molecular weight is 537 g/mol. The van der Waals surface area contributed by atoms with Crippen LogP contribution in [0.25, 0.3) is 28.2 Å². The van der Waals surface area contributed by atoms with Gasteiger partial charge in [0, 0.05) is 43.6 Å². The summed E-state index contributed by atoms with van der Waals surface area (Å²) >= 11 is 0. The zero-order valence-electron chi connectivity index (χ0n) is 22.0. The van der Waals surface area contributed by atoms with Crippen molar-refractivity contribution < 1.29 is 9.32 Å². The quantitative estimate of drug-likeness (QED) is 0.359. The third-order valence-electron chi connectivity index (χ3n) is 7.91. The van der Waals surface area contributed by atoms with E-state index in [0.29, 0.717) is 55.6 Å². The van der Waals surface area contributed by atoms with Gasteiger partial charge in [0.1, 0.15) is 11.3 Å². The van der Waals surface area contributed by atoms with Crippen LogP contribution in [-0.4, -0.2) is 60.1 Å². The van der Waals surface area contributed by atoms with Crippen LogP contribution in [0.3, 0.4) is 0 Å². The van der Waals surface area contributed by atoms with E-state index in [1.165, 1.54) is 5.56 Å². The van der Waals surface area contributed by atoms with Crippen molar-refractivity contribution in [2.45, 2.75) is 32.2 Å². The number of pyridine rings is 2. The zero-order valence-corrected chi connectivity index (χ0v) is 22.0. The number of hydrogen-bond acceptors (Lipinski definition) is 7. The van der Waals surface area contributed by atoms with Crippen LogP contribution < -0.4 is 11.3 Å². The molecule has 0 radical (unpaired) electrons. The second-order valence-corrected chi connectivity index (χ2v) is 10.5. The fraction of sp³-hybridized carbons (Fsp3) is 0.276. The first-order valence-corrected chi connectivity index (χ1v) is 13.4. The Hall–Kier alpha value is -4.93. The van der Waals surface area contributed by atoms with Crippen LogP contribution in [0.15, 0.2) is 64.2 Å². The number of aromatic amines is 1. The van der Waals surface area contributed by atoms with Gasteiger partial charge in [0.05, 0.1) is 17.7 Å². The molecule has 3 N–H and O–H groups in total. The second kappa shape index (κ2) is 9.37. The molecule has 2 amide bonds. The minimum absolute atomic E-state index is 0.0152. The SMILES string of the molecule is Cc1cnc2c(c1)nc(-c1cccnc1N)n2-c1ccc(C2CCN(C(=O)N3CCc4c(o[nH]c4=O)C3)C2)cc1. The number of benzene rings is 1. The number of nitrogens with one attached hydrogen (secondary N) is 1. The molecule has 0 spiro atoms. The van der Waals surface area contributed by atoms with E-state index in [-0.39, 0.29) is 17.5 Å². The van der Waals surface area contributed by atoms with E-state index >= 15 is 0 Å². The highest BCUT2D eigenvalue weighted by Gasteiger charge is 2.33. The van der Waals surface area contributed by atoms with Gasteiger partial charge in [-0.3, -0.25) is 9.36 Å². The predicted octanol–water partition coefficient (Wildman–Crippen LogP) is 3.62. The summed E-state index contributed by atoms with van der Waals surface area (Å²) in [5, 5.41) is 2.38. The largest absolute Gasteiger partial charge is 0.383 e. The maximum atomic E-state index is 13.2. The van der Waals surface area contributed by atoms with Crippen LogP contribution >= 0.6 is 0 Å². The minimum Gasteiger partial charge on any atom is -0.383 e. The smallest absolute Gasteiger partial charge is 0.320 e. The van der Waals surface area contributed by atoms with Crippen molar-refractivity contribution in [3.8, 4) is 17.1 Å². The topological polar surface area (TPSA) is 139 Å². The van der Waals surface area contributed by atoms with E-state index in [1.807, 2.05) is 40.8 Å². The number of urea groups is 1. The first kappa shape index (κ1) is 24.1. The summed E-state index contributed by atoms with van der Waals surface area (Å²) in [4.78, 5) is 42.5. The number of H-pyrrole nitrogens is 1. The summed E-state index contributed by atoms with van der Waals surface area (Å²) in [6, 6.07) is 14.1. The molecular formula is C29H28N8O3. The van der Waals surface area contributed by atoms with Crippen LogP contribution in [0.5, 0.6) is 0 Å². The molecule has 1 atom stereocenters. The summed E-state index contributed by atoms with van der Waals surface area (Å²) in [6.45, 7) is 4.16. The Labute approximate surface area is 229 Å². The molecule has 2 aliphatic rings. The third-order valence-corrected chi connectivity index (χ3v) is 7.91. The lowest BCUT2D eigenvalue weighted by Gasteiger charge is -2.29. The van der Waals surface area contributed by atoms with Crippen molar-refractivity contribution in [3.63, 3.8) is 0 Å². The van der Waals surface area contributed by atoms with Crippen molar-refractivity contribution in [1.29, 1.82) is 0 Å². The van der Waals surface area contributed by atoms with E-state index in [0.717, 1.165) is 34.4 Å². The lowest BCUT2D eigenvalue weighted by molar-refractivity contribution is 0.150. The summed E-state index contributed by atoms with van der Waals surface area (Å²) in [6.07, 6.45) is 4.90. The highest BCUT2D eigenvalue weighted by atomic mass is 16.5. The number of likely N-dealkylation sites (tertiary alicyclic amines) is 1. The molecule has 1 saturated heterocycles. The number of carbonyl (C=O) groups is 1. The van der Waals surface area contributed by atoms with E-state index in [1.54, 1.807) is 11.1 Å². The second-order valence-electron chi connectivity index (χ2n) is 10.5. The number of anilines is 1. The zero-order chi connectivity index (χ0) is 27.4. The van der Waals surface area contributed by atoms with Crippen LogP contribution in [0, 0.1) is 6.92 Å². The van der Waals surface area contributed by atoms with Gasteiger partial charge in [0.25, 0.3) is 5.56 Å². The number of rotatable bonds is 3. The van der Waals surface area contributed by atoms with E-state index in [9.17, 15) is 9.59 Å². The number of nitrogens with two attached hydrogens (primary N) is 1. The molecule has 11 nitrogen and oxygen atoms in total. The van der Waals surface area contributed by atoms with Crippen LogP contribution in [0.4, 0.5) is 10.6 Å². The molecule has 0 bridgehead atoms. The van der Waals surface area contributed by atoms with Gasteiger partial charge in [-0.05, 0) is 61.2 Å². The number of fused-ring (bicyclic) bond motifs is 2. The molecule has 11 heteroatoms. The van der Waals surface area contributed by atoms with Crippen molar-refractivity contribution in [3.05, 3.63) is 87.7 Å². The van der Waals surface area contributed by atoms with Gasteiger partial charge in [0.2, 0.25) is 0 Å². The predicted molar refractivity (Wildman–Crippen MR) is 149 cm³/mol. The third kappa shape index (κ3) is 4.01. The van der Waals surface area contributed by atoms with E-state index in [2.05, 4.69) is 39.4 Å². The van der Waals surface area contributed by atoms with Crippen LogP contribution in [-0.2, 0) is 13.0 Å². The van der Waals surface area contributed by atoms with Crippen molar-refractivity contribution >= 4 is 23.0 Å². The molecule has 40 heavy (non-hydrogen) atoms. The van der Waals surface area contributed by atoms with Gasteiger partial charge in [-0.1, -0.05) is 12.1 Å². The van der Waals surface area contributed by atoms with E-state index < -0.39 is 0 Å². The number of hydrogen-bond donors (Lipinski definition) is 2. The first-order valence-electron chi connectivity index (χ1n) is 13.4. The molecule has 1 unspecified atom stereocenters. The van der Waals surface area contributed by atoms with Gasteiger partial charge < -0.3 is 20.1 Å². The fourth-order valence-electron chi connectivity index (χ4n) is 5.80. The Balaban J connectivity index is 1.13. The Morgan fingerprint density at radius 2 is 1.98 bits per heavy atom. The molecule has 4 aromatic heterocycles. The molecule has 1 aromatic carbocycles. The summed E-state index contributed by atoms with van der Waals surface area (Å²) in [5.41, 5.74) is 12.1. The monoisotopic (exact) mass is 536 g/mol. The lowest BCUT2D eigenvalue weighted by Crippen LogP contribution is -2.44. The standard InChI is InChI=1S/C29H28N8O3/c1-17-13-23-27(32-14-17)37(26(33-23)22-3-2-10-31-25(22)30)20-6-4-18(5-7-20)19-8-11-35(15-19)29(39)36-12-9-21-24(16-36)40-34-28(21)38/h2-7,10,13-14,19H,8-9,11-12,15-16H2,1H3,(H2,30,31)(H,34,38). The molecule has 202 valence electrons.